The number of benzene rings is 1. The normalized spacial score (nSPS) is 9.80. The second-order valence-electron chi connectivity index (χ2n) is 1.89. The lowest BCUT2D eigenvalue weighted by molar-refractivity contribution is 1.58. The lowest BCUT2D eigenvalue weighted by atomic mass is 10.3. The molecule has 0 aliphatic heterocycles. The summed E-state index contributed by atoms with van der Waals surface area (Å²) in [5.41, 5.74) is 12.4. The second kappa shape index (κ2) is 2.96. The molecule has 0 unspecified atom stereocenters. The van der Waals surface area contributed by atoms with Crippen molar-refractivity contribution in [3.63, 3.8) is 0 Å². The molecule has 0 spiro atoms. The van der Waals surface area contributed by atoms with Crippen molar-refractivity contribution in [2.24, 2.45) is 0 Å². The van der Waals surface area contributed by atoms with Crippen LogP contribution in [0.15, 0.2) is 16.6 Å². The molecule has 0 aromatic heterocycles. The molecule has 0 heterocycles. The molecule has 0 radical (unpaired) electrons. The van der Waals surface area contributed by atoms with Crippen LogP contribution in [0.25, 0.3) is 0 Å². The molecule has 4 heteroatoms. The molecule has 0 saturated heterocycles. The second-order valence-corrected chi connectivity index (χ2v) is 3.97. The topological polar surface area (TPSA) is 52.0 Å². The van der Waals surface area contributed by atoms with E-state index in [0.717, 1.165) is 8.04 Å². The number of hydrogen-bond acceptors (Lipinski definition) is 2. The van der Waals surface area contributed by atoms with Crippen LogP contribution < -0.4 is 11.5 Å². The Kier molecular flexibility index (Phi) is 2.40. The first-order valence-electron chi connectivity index (χ1n) is 2.61. The van der Waals surface area contributed by atoms with Crippen LogP contribution in [0.2, 0.25) is 0 Å². The predicted octanol–water partition coefficient (Wildman–Crippen LogP) is 2.22. The number of nitrogens with two attached hydrogens (primary N) is 2. The summed E-state index contributed by atoms with van der Waals surface area (Å²) in [6.45, 7) is 0. The first kappa shape index (κ1) is 8.13. The molecule has 0 atom stereocenters. The smallest absolute Gasteiger partial charge is 0.0684 e. The van der Waals surface area contributed by atoms with Gasteiger partial charge in [-0.15, -0.1) is 0 Å². The third-order valence-electron chi connectivity index (χ3n) is 1.13. The van der Waals surface area contributed by atoms with E-state index in [9.17, 15) is 0 Å². The molecule has 0 fully saturated rings. The van der Waals surface area contributed by atoms with E-state index in [-0.39, 0.29) is 0 Å². The number of anilines is 2. The van der Waals surface area contributed by atoms with Crippen molar-refractivity contribution in [2.45, 2.75) is 0 Å². The average Bonchev–Trinajstić information content (AvgIpc) is 1.82. The van der Waals surface area contributed by atoms with Gasteiger partial charge in [-0.25, -0.2) is 0 Å². The minimum absolute atomic E-state index is 0.624. The molecule has 1 rings (SSSR count). The van der Waals surface area contributed by atoms with Gasteiger partial charge in [0.1, 0.15) is 0 Å². The van der Waals surface area contributed by atoms with Gasteiger partial charge in [0.25, 0.3) is 0 Å². The van der Waals surface area contributed by atoms with Crippen LogP contribution in [-0.4, -0.2) is 0 Å². The van der Waals surface area contributed by atoms with Crippen molar-refractivity contribution in [3.05, 3.63) is 20.2 Å². The first-order chi connectivity index (χ1) is 4.61. The van der Waals surface area contributed by atoms with E-state index < -0.39 is 0 Å². The van der Waals surface area contributed by atoms with E-state index in [1.165, 1.54) is 0 Å². The van der Waals surface area contributed by atoms with E-state index in [1.54, 1.807) is 6.07 Å². The lowest BCUT2D eigenvalue weighted by Gasteiger charge is -2.02. The van der Waals surface area contributed by atoms with Gasteiger partial charge in [0.15, 0.2) is 0 Å². The number of halogens is 2. The summed E-state index contributed by atoms with van der Waals surface area (Å²) in [5, 5.41) is 0. The van der Waals surface area contributed by atoms with Crippen LogP contribution in [0.1, 0.15) is 0 Å². The Balaban J connectivity index is 3.31. The summed E-state index contributed by atoms with van der Waals surface area (Å²) >= 11 is 5.45. The van der Waals surface area contributed by atoms with Gasteiger partial charge in [0.05, 0.1) is 11.4 Å². The number of rotatable bonds is 0. The maximum atomic E-state index is 5.60. The minimum Gasteiger partial charge on any atom is -0.397 e. The third kappa shape index (κ3) is 1.54. The van der Waals surface area contributed by atoms with Crippen molar-refractivity contribution in [1.29, 1.82) is 0 Å². The summed E-state index contributed by atoms with van der Waals surface area (Å²) in [6, 6.07) is 3.71. The van der Waals surface area contributed by atoms with Crippen molar-refractivity contribution in [1.82, 2.24) is 0 Å². The van der Waals surface area contributed by atoms with Crippen LogP contribution in [0.5, 0.6) is 0 Å². The molecule has 0 amide bonds. The summed E-state index contributed by atoms with van der Waals surface area (Å²) in [6.07, 6.45) is 0. The summed E-state index contributed by atoms with van der Waals surface area (Å²) in [4.78, 5) is 0. The molecule has 10 heavy (non-hydrogen) atoms. The fourth-order valence-electron chi connectivity index (χ4n) is 0.605. The fourth-order valence-corrected chi connectivity index (χ4v) is 2.16. The molecule has 1 aromatic carbocycles. The number of hydrogen-bond donors (Lipinski definition) is 2. The van der Waals surface area contributed by atoms with E-state index in [1.807, 2.05) is 6.07 Å². The van der Waals surface area contributed by atoms with Crippen LogP contribution in [0.3, 0.4) is 0 Å². The van der Waals surface area contributed by atoms with Crippen molar-refractivity contribution in [3.8, 4) is 0 Å². The summed E-state index contributed by atoms with van der Waals surface area (Å²) < 4.78 is 1.94. The highest BCUT2D eigenvalue weighted by atomic mass is 127. The molecule has 0 aliphatic carbocycles. The molecule has 1 aromatic rings. The third-order valence-corrected chi connectivity index (χ3v) is 2.48. The van der Waals surface area contributed by atoms with Gasteiger partial charge in [-0.05, 0) is 34.7 Å². The Hall–Kier alpha value is 0.0300. The molecular weight excluding hydrogens is 307 g/mol. The van der Waals surface area contributed by atoms with Crippen molar-refractivity contribution >= 4 is 49.9 Å². The zero-order valence-corrected chi connectivity index (χ0v) is 8.81. The molecule has 0 saturated carbocycles. The molecule has 4 N–H and O–H groups in total. The Labute approximate surface area is 81.2 Å². The van der Waals surface area contributed by atoms with Crippen molar-refractivity contribution in [2.75, 3.05) is 11.5 Å². The highest BCUT2D eigenvalue weighted by molar-refractivity contribution is 14.1. The van der Waals surface area contributed by atoms with E-state index in [4.69, 9.17) is 11.5 Å². The summed E-state index contributed by atoms with van der Waals surface area (Å²) in [5.74, 6) is 0. The lowest BCUT2D eigenvalue weighted by Crippen LogP contribution is -1.96. The largest absolute Gasteiger partial charge is 0.397 e. The maximum absolute atomic E-state index is 5.60. The van der Waals surface area contributed by atoms with Gasteiger partial charge in [-0.3, -0.25) is 0 Å². The highest BCUT2D eigenvalue weighted by Crippen LogP contribution is 2.26. The van der Waals surface area contributed by atoms with Crippen molar-refractivity contribution < 1.29 is 0 Å². The maximum Gasteiger partial charge on any atom is 0.0684 e. The van der Waals surface area contributed by atoms with Crippen LogP contribution in [0.4, 0.5) is 11.4 Å². The highest BCUT2D eigenvalue weighted by Gasteiger charge is 2.00. The van der Waals surface area contributed by atoms with Gasteiger partial charge in [-0.2, -0.15) is 0 Å². The summed E-state index contributed by atoms with van der Waals surface area (Å²) in [7, 11) is 0. The molecule has 54 valence electrons. The van der Waals surface area contributed by atoms with Crippen LogP contribution in [-0.2, 0) is 0 Å². The van der Waals surface area contributed by atoms with Crippen LogP contribution >= 0.6 is 38.5 Å². The van der Waals surface area contributed by atoms with Gasteiger partial charge in [0, 0.05) is 8.04 Å². The van der Waals surface area contributed by atoms with Gasteiger partial charge < -0.3 is 11.5 Å². The van der Waals surface area contributed by atoms with Crippen LogP contribution in [0, 0.1) is 3.57 Å². The molecule has 2 nitrogen and oxygen atoms in total. The fraction of sp³-hybridized carbons (Fsp3) is 0. The Morgan fingerprint density at radius 2 is 1.90 bits per heavy atom. The van der Waals surface area contributed by atoms with Gasteiger partial charge in [0.2, 0.25) is 0 Å². The van der Waals surface area contributed by atoms with E-state index in [0.29, 0.717) is 11.4 Å². The van der Waals surface area contributed by atoms with E-state index in [2.05, 4.69) is 38.5 Å². The Morgan fingerprint density at radius 3 is 2.40 bits per heavy atom. The molecular formula is C6H6BrIN2. The minimum atomic E-state index is 0.624. The first-order valence-corrected chi connectivity index (χ1v) is 4.48. The monoisotopic (exact) mass is 312 g/mol. The molecule has 0 aliphatic rings. The van der Waals surface area contributed by atoms with Gasteiger partial charge in [-0.1, -0.05) is 15.9 Å². The Morgan fingerprint density at radius 1 is 1.30 bits per heavy atom. The zero-order valence-electron chi connectivity index (χ0n) is 5.07. The Bertz CT molecular complexity index is 239. The van der Waals surface area contributed by atoms with E-state index >= 15 is 0 Å². The van der Waals surface area contributed by atoms with Gasteiger partial charge >= 0.3 is 0 Å². The predicted molar refractivity (Wildman–Crippen MR) is 55.7 cm³/mol. The quantitative estimate of drug-likeness (QED) is 0.570. The number of nitrogen functional groups attached to an aromatic ring is 2. The standard InChI is InChI=1S/C6H6BrIN2/c7-3-1-4(8)6(10)5(9)2-3/h1-2H,9-10H2. The molecule has 0 bridgehead atoms. The SMILES string of the molecule is Nc1cc(Br)cc(I)c1N. The zero-order chi connectivity index (χ0) is 7.72. The average molecular weight is 313 g/mol.